The number of amides is 3. The minimum Gasteiger partial charge on any atom is -0.493 e. The lowest BCUT2D eigenvalue weighted by atomic mass is 10.1. The first-order chi connectivity index (χ1) is 20.8. The summed E-state index contributed by atoms with van der Waals surface area (Å²) in [6.07, 6.45) is 1.50. The summed E-state index contributed by atoms with van der Waals surface area (Å²) in [7, 11) is 4.45. The zero-order valence-electron chi connectivity index (χ0n) is 23.8. The van der Waals surface area contributed by atoms with Crippen LogP contribution in [0.15, 0.2) is 77.3 Å². The molecule has 0 spiro atoms. The summed E-state index contributed by atoms with van der Waals surface area (Å²) in [4.78, 5) is 39.5. The number of methoxy groups -OCH3 is 3. The normalized spacial score (nSPS) is 10.9. The molecule has 3 N–H and O–H groups in total. The third-order valence-electron chi connectivity index (χ3n) is 5.82. The smallest absolute Gasteiger partial charge is 0.272 e. The summed E-state index contributed by atoms with van der Waals surface area (Å²) in [5, 5.41) is 17.2. The second-order valence-corrected chi connectivity index (χ2v) is 11.0. The van der Waals surface area contributed by atoms with E-state index in [1.807, 2.05) is 6.92 Å². The Kier molecular flexibility index (Phi) is 10.7. The Hall–Kier alpha value is -4.88. The van der Waals surface area contributed by atoms with Crippen molar-refractivity contribution in [3.8, 4) is 17.2 Å². The summed E-state index contributed by atoms with van der Waals surface area (Å²) in [5.74, 6) is 0.0644. The molecule has 0 radical (unpaired) electrons. The molecule has 1 heterocycles. The van der Waals surface area contributed by atoms with Crippen LogP contribution in [0.2, 0.25) is 0 Å². The molecule has 3 amide bonds. The molecule has 13 heteroatoms. The highest BCUT2D eigenvalue weighted by Gasteiger charge is 2.19. The van der Waals surface area contributed by atoms with Crippen LogP contribution < -0.4 is 30.2 Å². The van der Waals surface area contributed by atoms with Crippen LogP contribution in [0.4, 0.5) is 10.8 Å². The number of thioether (sulfide) groups is 1. The highest BCUT2D eigenvalue weighted by atomic mass is 32.2. The molecule has 0 saturated carbocycles. The Morgan fingerprint density at radius 1 is 0.860 bits per heavy atom. The topological polar surface area (TPSA) is 141 Å². The molecule has 4 aromatic rings. The number of benzene rings is 3. The van der Waals surface area contributed by atoms with Gasteiger partial charge < -0.3 is 24.8 Å². The zero-order valence-corrected chi connectivity index (χ0v) is 25.4. The summed E-state index contributed by atoms with van der Waals surface area (Å²) < 4.78 is 16.4. The average Bonchev–Trinajstić information content (AvgIpc) is 3.44. The highest BCUT2D eigenvalue weighted by Crippen LogP contribution is 2.40. The van der Waals surface area contributed by atoms with Crippen molar-refractivity contribution in [2.75, 3.05) is 37.7 Å². The lowest BCUT2D eigenvalue weighted by Crippen LogP contribution is -2.30. The van der Waals surface area contributed by atoms with E-state index in [0.717, 1.165) is 9.90 Å². The number of hydrogen-bond donors (Lipinski definition) is 3. The minimum atomic E-state index is -0.562. The van der Waals surface area contributed by atoms with Crippen molar-refractivity contribution < 1.29 is 28.6 Å². The van der Waals surface area contributed by atoms with Crippen molar-refractivity contribution in [2.45, 2.75) is 11.8 Å². The standard InChI is InChI=1S/C30H29N5O6S2/c1-18-34-35-30(43-18)33-25(36)17-42-22-13-11-21(12-14-22)31-29(38)23(32-28(37)19-8-6-5-7-9-19)16-20-10-15-24(39-2)27(41-4)26(20)40-3/h5-16H,17H2,1-4H3,(H,31,38)(H,32,37)(H,33,35,36)/b23-16-. The Labute approximate surface area is 256 Å². The van der Waals surface area contributed by atoms with Crippen molar-refractivity contribution in [1.82, 2.24) is 15.5 Å². The minimum absolute atomic E-state index is 0.0265. The molecule has 0 fully saturated rings. The maximum atomic E-state index is 13.5. The predicted octanol–water partition coefficient (Wildman–Crippen LogP) is 5.01. The van der Waals surface area contributed by atoms with Gasteiger partial charge in [-0.3, -0.25) is 19.7 Å². The Morgan fingerprint density at radius 2 is 1.58 bits per heavy atom. The molecular weight excluding hydrogens is 590 g/mol. The zero-order chi connectivity index (χ0) is 30.8. The van der Waals surface area contributed by atoms with Gasteiger partial charge in [-0.2, -0.15) is 0 Å². The van der Waals surface area contributed by atoms with E-state index < -0.39 is 11.8 Å². The van der Waals surface area contributed by atoms with Crippen molar-refractivity contribution in [1.29, 1.82) is 0 Å². The number of nitrogens with zero attached hydrogens (tertiary/aromatic N) is 2. The number of carbonyl (C=O) groups excluding carboxylic acids is 3. The van der Waals surface area contributed by atoms with Crippen LogP contribution >= 0.6 is 23.1 Å². The van der Waals surface area contributed by atoms with Gasteiger partial charge in [-0.15, -0.1) is 22.0 Å². The maximum Gasteiger partial charge on any atom is 0.272 e. The summed E-state index contributed by atoms with van der Waals surface area (Å²) in [6.45, 7) is 1.81. The van der Waals surface area contributed by atoms with Crippen molar-refractivity contribution >= 4 is 57.7 Å². The third kappa shape index (κ3) is 8.33. The van der Waals surface area contributed by atoms with E-state index in [1.165, 1.54) is 50.5 Å². The van der Waals surface area contributed by atoms with Gasteiger partial charge in [0.05, 0.1) is 27.1 Å². The fourth-order valence-electron chi connectivity index (χ4n) is 3.82. The summed E-state index contributed by atoms with van der Waals surface area (Å²) in [5.41, 5.74) is 1.32. The number of ether oxygens (including phenoxy) is 3. The van der Waals surface area contributed by atoms with Gasteiger partial charge >= 0.3 is 0 Å². The molecule has 0 saturated heterocycles. The van der Waals surface area contributed by atoms with E-state index >= 15 is 0 Å². The Bertz CT molecular complexity index is 1620. The van der Waals surface area contributed by atoms with Gasteiger partial charge in [0.2, 0.25) is 16.8 Å². The monoisotopic (exact) mass is 619 g/mol. The van der Waals surface area contributed by atoms with E-state index in [2.05, 4.69) is 26.1 Å². The average molecular weight is 620 g/mol. The molecule has 0 bridgehead atoms. The van der Waals surface area contributed by atoms with E-state index in [9.17, 15) is 14.4 Å². The van der Waals surface area contributed by atoms with Gasteiger partial charge in [0.1, 0.15) is 10.7 Å². The Balaban J connectivity index is 1.51. The lowest BCUT2D eigenvalue weighted by molar-refractivity contribution is -0.114. The van der Waals surface area contributed by atoms with Crippen LogP contribution in [0.3, 0.4) is 0 Å². The van der Waals surface area contributed by atoms with Crippen LogP contribution in [0.25, 0.3) is 6.08 Å². The number of nitrogens with one attached hydrogen (secondary N) is 3. The molecule has 0 aliphatic carbocycles. The fourth-order valence-corrected chi connectivity index (χ4v) is 5.13. The van der Waals surface area contributed by atoms with Crippen LogP contribution in [-0.2, 0) is 9.59 Å². The quantitative estimate of drug-likeness (QED) is 0.147. The second-order valence-electron chi connectivity index (χ2n) is 8.74. The van der Waals surface area contributed by atoms with Gasteiger partial charge in [-0.05, 0) is 61.5 Å². The highest BCUT2D eigenvalue weighted by molar-refractivity contribution is 8.00. The molecule has 1 aromatic heterocycles. The molecule has 11 nitrogen and oxygen atoms in total. The van der Waals surface area contributed by atoms with Crippen molar-refractivity contribution in [2.24, 2.45) is 0 Å². The lowest BCUT2D eigenvalue weighted by Gasteiger charge is -2.16. The number of carbonyl (C=O) groups is 3. The van der Waals surface area contributed by atoms with Gasteiger partial charge in [0.25, 0.3) is 11.8 Å². The second kappa shape index (κ2) is 14.8. The van der Waals surface area contributed by atoms with Crippen molar-refractivity contribution in [3.63, 3.8) is 0 Å². The first-order valence-electron chi connectivity index (χ1n) is 12.8. The summed E-state index contributed by atoms with van der Waals surface area (Å²) in [6, 6.07) is 18.9. The van der Waals surface area contributed by atoms with Gasteiger partial charge in [0.15, 0.2) is 11.5 Å². The van der Waals surface area contributed by atoms with E-state index in [1.54, 1.807) is 66.7 Å². The molecule has 0 aliphatic heterocycles. The first-order valence-corrected chi connectivity index (χ1v) is 14.6. The number of hydrogen-bond acceptors (Lipinski definition) is 10. The molecule has 222 valence electrons. The number of aryl methyl sites for hydroxylation is 1. The van der Waals surface area contributed by atoms with E-state index in [0.29, 0.717) is 39.2 Å². The molecule has 3 aromatic carbocycles. The molecule has 0 unspecified atom stereocenters. The van der Waals surface area contributed by atoms with Gasteiger partial charge in [-0.1, -0.05) is 29.5 Å². The van der Waals surface area contributed by atoms with Crippen LogP contribution in [0.1, 0.15) is 20.9 Å². The maximum absolute atomic E-state index is 13.5. The SMILES string of the molecule is COc1ccc(/C=C(\NC(=O)c2ccccc2)C(=O)Nc2ccc(SCC(=O)Nc3nnc(C)s3)cc2)c(OC)c1OC. The number of anilines is 2. The largest absolute Gasteiger partial charge is 0.493 e. The third-order valence-corrected chi connectivity index (χ3v) is 7.58. The summed E-state index contributed by atoms with van der Waals surface area (Å²) >= 11 is 2.64. The van der Waals surface area contributed by atoms with Crippen molar-refractivity contribution in [3.05, 3.63) is 88.6 Å². The molecular formula is C30H29N5O6S2. The molecule has 43 heavy (non-hydrogen) atoms. The molecule has 0 aliphatic rings. The van der Waals surface area contributed by atoms with Crippen LogP contribution in [-0.4, -0.2) is 55.0 Å². The Morgan fingerprint density at radius 3 is 2.21 bits per heavy atom. The predicted molar refractivity (Wildman–Crippen MR) is 167 cm³/mol. The van der Waals surface area contributed by atoms with Crippen LogP contribution in [0.5, 0.6) is 17.2 Å². The van der Waals surface area contributed by atoms with E-state index in [4.69, 9.17) is 14.2 Å². The fraction of sp³-hybridized carbons (Fsp3) is 0.167. The molecule has 4 rings (SSSR count). The number of aromatic nitrogens is 2. The van der Waals surface area contributed by atoms with E-state index in [-0.39, 0.29) is 17.4 Å². The van der Waals surface area contributed by atoms with Gasteiger partial charge in [-0.25, -0.2) is 0 Å². The number of rotatable bonds is 12. The van der Waals surface area contributed by atoms with Gasteiger partial charge in [0, 0.05) is 21.7 Å². The first kappa shape index (κ1) is 31.1. The molecule has 0 atom stereocenters. The van der Waals surface area contributed by atoms with Crippen LogP contribution in [0, 0.1) is 6.92 Å².